The monoisotopic (exact) mass is 225 g/mol. The van der Waals surface area contributed by atoms with Crippen molar-refractivity contribution in [1.82, 2.24) is 5.32 Å². The average molecular weight is 225 g/mol. The number of hydrogen-bond acceptors (Lipinski definition) is 2. The van der Waals surface area contributed by atoms with Gasteiger partial charge in [-0.1, -0.05) is 13.8 Å². The van der Waals surface area contributed by atoms with Crippen LogP contribution < -0.4 is 5.32 Å². The lowest BCUT2D eigenvalue weighted by Crippen LogP contribution is -2.33. The molecule has 0 saturated heterocycles. The molecule has 2 atom stereocenters. The summed E-state index contributed by atoms with van der Waals surface area (Å²) in [6, 6.07) is 2.86. The van der Waals surface area contributed by atoms with Gasteiger partial charge in [0.25, 0.3) is 0 Å². The van der Waals surface area contributed by atoms with Gasteiger partial charge >= 0.3 is 0 Å². The smallest absolute Gasteiger partial charge is 0.00665 e. The molecule has 0 amide bonds. The van der Waals surface area contributed by atoms with Gasteiger partial charge in [-0.15, -0.1) is 0 Å². The maximum atomic E-state index is 3.38. The molecule has 0 aliphatic heterocycles. The summed E-state index contributed by atoms with van der Waals surface area (Å²) >= 11 is 1.80. The molecule has 2 heteroatoms. The molecule has 15 heavy (non-hydrogen) atoms. The summed E-state index contributed by atoms with van der Waals surface area (Å²) in [4.78, 5) is 0. The molecule has 86 valence electrons. The van der Waals surface area contributed by atoms with Crippen molar-refractivity contribution >= 4 is 11.3 Å². The Morgan fingerprint density at radius 1 is 1.33 bits per heavy atom. The molecule has 1 aromatic heterocycles. The van der Waals surface area contributed by atoms with Gasteiger partial charge in [-0.05, 0) is 61.0 Å². The van der Waals surface area contributed by atoms with Gasteiger partial charge in [-0.25, -0.2) is 0 Å². The van der Waals surface area contributed by atoms with Crippen LogP contribution in [-0.2, 0) is 6.42 Å². The van der Waals surface area contributed by atoms with E-state index in [1.54, 1.807) is 11.3 Å². The van der Waals surface area contributed by atoms with Crippen LogP contribution in [0.5, 0.6) is 0 Å². The van der Waals surface area contributed by atoms with Crippen LogP contribution in [0.3, 0.4) is 0 Å². The number of hydrogen-bond donors (Lipinski definition) is 1. The Labute approximate surface area is 97.9 Å². The lowest BCUT2D eigenvalue weighted by molar-refractivity contribution is 0.284. The fraction of sp³-hybridized carbons (Fsp3) is 0.692. The molecule has 1 heterocycles. The Bertz CT molecular complexity index is 254. The summed E-state index contributed by atoms with van der Waals surface area (Å²) in [6.45, 7) is 6.94. The van der Waals surface area contributed by atoms with E-state index in [4.69, 9.17) is 0 Å². The highest BCUT2D eigenvalue weighted by molar-refractivity contribution is 7.07. The third-order valence-corrected chi connectivity index (χ3v) is 4.03. The van der Waals surface area contributed by atoms with Crippen molar-refractivity contribution in [2.75, 3.05) is 7.05 Å². The summed E-state index contributed by atoms with van der Waals surface area (Å²) in [6.07, 6.45) is 2.51. The van der Waals surface area contributed by atoms with Crippen LogP contribution in [-0.4, -0.2) is 13.1 Å². The van der Waals surface area contributed by atoms with Crippen molar-refractivity contribution in [1.29, 1.82) is 0 Å². The Hall–Kier alpha value is -0.340. The van der Waals surface area contributed by atoms with Gasteiger partial charge in [0.15, 0.2) is 0 Å². The standard InChI is InChI=1S/C13H23NS/c1-10(2)13(11(3)14-4)6-5-12-7-8-15-9-12/h7-11,13-14H,5-6H2,1-4H3. The van der Waals surface area contributed by atoms with Crippen LogP contribution in [0, 0.1) is 11.8 Å². The largest absolute Gasteiger partial charge is 0.317 e. The first-order chi connectivity index (χ1) is 7.15. The van der Waals surface area contributed by atoms with E-state index in [1.807, 2.05) is 0 Å². The maximum absolute atomic E-state index is 3.38. The predicted molar refractivity (Wildman–Crippen MR) is 69.5 cm³/mol. The van der Waals surface area contributed by atoms with Gasteiger partial charge in [0, 0.05) is 6.04 Å². The van der Waals surface area contributed by atoms with Crippen LogP contribution in [0.15, 0.2) is 16.8 Å². The summed E-state index contributed by atoms with van der Waals surface area (Å²) < 4.78 is 0. The molecule has 0 bridgehead atoms. The van der Waals surface area contributed by atoms with E-state index in [-0.39, 0.29) is 0 Å². The number of thiophene rings is 1. The fourth-order valence-corrected chi connectivity index (χ4v) is 2.85. The molecule has 1 nitrogen and oxygen atoms in total. The highest BCUT2D eigenvalue weighted by Crippen LogP contribution is 2.22. The molecule has 1 aromatic rings. The SMILES string of the molecule is CNC(C)C(CCc1ccsc1)C(C)C. The quantitative estimate of drug-likeness (QED) is 0.780. The molecule has 1 N–H and O–H groups in total. The Kier molecular flexibility index (Phi) is 5.34. The maximum Gasteiger partial charge on any atom is 0.00665 e. The Balaban J connectivity index is 2.45. The number of aryl methyl sites for hydroxylation is 1. The average Bonchev–Trinajstić information content (AvgIpc) is 2.70. The molecular weight excluding hydrogens is 202 g/mol. The van der Waals surface area contributed by atoms with Crippen LogP contribution in [0.2, 0.25) is 0 Å². The molecule has 0 aromatic carbocycles. The topological polar surface area (TPSA) is 12.0 Å². The minimum atomic E-state index is 0.614. The molecule has 0 aliphatic rings. The van der Waals surface area contributed by atoms with Crippen molar-refractivity contribution in [3.63, 3.8) is 0 Å². The van der Waals surface area contributed by atoms with Gasteiger partial charge in [-0.3, -0.25) is 0 Å². The summed E-state index contributed by atoms with van der Waals surface area (Å²) in [7, 11) is 2.06. The highest BCUT2D eigenvalue weighted by atomic mass is 32.1. The number of nitrogens with one attached hydrogen (secondary N) is 1. The van der Waals surface area contributed by atoms with Gasteiger partial charge < -0.3 is 5.32 Å². The molecular formula is C13H23NS. The second kappa shape index (κ2) is 6.29. The molecule has 2 unspecified atom stereocenters. The normalized spacial score (nSPS) is 15.5. The van der Waals surface area contributed by atoms with Crippen molar-refractivity contribution in [3.05, 3.63) is 22.4 Å². The van der Waals surface area contributed by atoms with E-state index in [1.165, 1.54) is 18.4 Å². The summed E-state index contributed by atoms with van der Waals surface area (Å²) in [5.74, 6) is 1.53. The minimum Gasteiger partial charge on any atom is -0.317 e. The number of rotatable bonds is 6. The second-order valence-corrected chi connectivity index (χ2v) is 5.44. The van der Waals surface area contributed by atoms with Crippen LogP contribution in [0.25, 0.3) is 0 Å². The Morgan fingerprint density at radius 3 is 2.53 bits per heavy atom. The molecule has 0 saturated carbocycles. The van der Waals surface area contributed by atoms with Gasteiger partial charge in [-0.2, -0.15) is 11.3 Å². The van der Waals surface area contributed by atoms with E-state index in [0.717, 1.165) is 11.8 Å². The van der Waals surface area contributed by atoms with Gasteiger partial charge in [0.2, 0.25) is 0 Å². The van der Waals surface area contributed by atoms with E-state index >= 15 is 0 Å². The van der Waals surface area contributed by atoms with E-state index in [2.05, 4.69) is 50.0 Å². The first kappa shape index (κ1) is 12.7. The third-order valence-electron chi connectivity index (χ3n) is 3.30. The second-order valence-electron chi connectivity index (χ2n) is 4.66. The zero-order valence-electron chi connectivity index (χ0n) is 10.3. The first-order valence-corrected chi connectivity index (χ1v) is 6.77. The molecule has 1 rings (SSSR count). The van der Waals surface area contributed by atoms with Crippen LogP contribution in [0.1, 0.15) is 32.8 Å². The zero-order valence-corrected chi connectivity index (χ0v) is 11.1. The molecule has 0 fully saturated rings. The van der Waals surface area contributed by atoms with E-state index < -0.39 is 0 Å². The fourth-order valence-electron chi connectivity index (χ4n) is 2.14. The van der Waals surface area contributed by atoms with E-state index in [0.29, 0.717) is 6.04 Å². The lowest BCUT2D eigenvalue weighted by atomic mass is 9.85. The van der Waals surface area contributed by atoms with Crippen LogP contribution in [0.4, 0.5) is 0 Å². The summed E-state index contributed by atoms with van der Waals surface area (Å²) in [5.41, 5.74) is 1.49. The summed E-state index contributed by atoms with van der Waals surface area (Å²) in [5, 5.41) is 7.81. The van der Waals surface area contributed by atoms with Crippen molar-refractivity contribution in [2.24, 2.45) is 11.8 Å². The van der Waals surface area contributed by atoms with Crippen molar-refractivity contribution in [2.45, 2.75) is 39.7 Å². The van der Waals surface area contributed by atoms with Crippen molar-refractivity contribution in [3.8, 4) is 0 Å². The van der Waals surface area contributed by atoms with Crippen LogP contribution >= 0.6 is 11.3 Å². The van der Waals surface area contributed by atoms with Crippen molar-refractivity contribution < 1.29 is 0 Å². The van der Waals surface area contributed by atoms with Gasteiger partial charge in [0.05, 0.1) is 0 Å². The molecule has 0 aliphatic carbocycles. The van der Waals surface area contributed by atoms with E-state index in [9.17, 15) is 0 Å². The Morgan fingerprint density at radius 2 is 2.07 bits per heavy atom. The zero-order chi connectivity index (χ0) is 11.3. The third kappa shape index (κ3) is 3.96. The highest BCUT2D eigenvalue weighted by Gasteiger charge is 2.19. The predicted octanol–water partition coefficient (Wildman–Crippen LogP) is 3.56. The lowest BCUT2D eigenvalue weighted by Gasteiger charge is -2.27. The molecule has 0 spiro atoms. The van der Waals surface area contributed by atoms with Gasteiger partial charge in [0.1, 0.15) is 0 Å². The minimum absolute atomic E-state index is 0.614. The molecule has 0 radical (unpaired) electrons. The first-order valence-electron chi connectivity index (χ1n) is 5.83.